The molecule has 2 aromatic carbocycles. The summed E-state index contributed by atoms with van der Waals surface area (Å²) in [6, 6.07) is 10.7. The molecule has 2 aromatic rings. The minimum Gasteiger partial charge on any atom is -0.493 e. The van der Waals surface area contributed by atoms with Crippen LogP contribution in [0.5, 0.6) is 17.2 Å². The molecule has 128 valence electrons. The third-order valence-electron chi connectivity index (χ3n) is 3.59. The fourth-order valence-electron chi connectivity index (χ4n) is 2.36. The van der Waals surface area contributed by atoms with E-state index in [1.807, 2.05) is 12.1 Å². The molecule has 6 heteroatoms. The van der Waals surface area contributed by atoms with Crippen LogP contribution in [0.15, 0.2) is 36.4 Å². The third-order valence-corrected chi connectivity index (χ3v) is 3.84. The van der Waals surface area contributed by atoms with Crippen LogP contribution < -0.4 is 14.2 Å². The summed E-state index contributed by atoms with van der Waals surface area (Å²) in [4.78, 5) is 14.3. The minimum absolute atomic E-state index is 0.149. The Morgan fingerprint density at radius 3 is 2.00 bits per heavy atom. The van der Waals surface area contributed by atoms with Crippen LogP contribution in [0.1, 0.15) is 15.9 Å². The molecule has 0 bridgehead atoms. The van der Waals surface area contributed by atoms with Crippen LogP contribution >= 0.6 is 11.6 Å². The number of carbonyl (C=O) groups excluding carboxylic acids is 1. The number of hydrogen-bond donors (Lipinski definition) is 0. The number of hydrogen-bond acceptors (Lipinski definition) is 4. The molecular weight excluding hydrogens is 330 g/mol. The number of methoxy groups -OCH3 is 3. The van der Waals surface area contributed by atoms with E-state index in [-0.39, 0.29) is 5.91 Å². The number of halogens is 1. The molecule has 0 aromatic heterocycles. The molecule has 0 aliphatic heterocycles. The minimum atomic E-state index is -0.149. The summed E-state index contributed by atoms with van der Waals surface area (Å²) in [7, 11) is 6.29. The first-order valence-electron chi connectivity index (χ1n) is 7.30. The van der Waals surface area contributed by atoms with Gasteiger partial charge >= 0.3 is 0 Å². The van der Waals surface area contributed by atoms with Gasteiger partial charge in [-0.3, -0.25) is 4.79 Å². The standard InChI is InChI=1S/C18H20ClNO4/c1-20(11-12-5-7-14(19)8-6-12)18(21)13-9-15(22-2)17(24-4)16(10-13)23-3/h5-10H,11H2,1-4H3. The van der Waals surface area contributed by atoms with Gasteiger partial charge in [0.05, 0.1) is 21.3 Å². The molecule has 0 saturated heterocycles. The van der Waals surface area contributed by atoms with Crippen LogP contribution in [0.3, 0.4) is 0 Å². The first kappa shape index (κ1) is 17.9. The zero-order valence-electron chi connectivity index (χ0n) is 14.1. The second-order valence-corrected chi connectivity index (χ2v) is 5.64. The van der Waals surface area contributed by atoms with E-state index in [4.69, 9.17) is 25.8 Å². The number of rotatable bonds is 6. The van der Waals surface area contributed by atoms with Crippen LogP contribution in [0.4, 0.5) is 0 Å². The van der Waals surface area contributed by atoms with Gasteiger partial charge in [0.25, 0.3) is 5.91 Å². The molecule has 0 atom stereocenters. The molecule has 0 fully saturated rings. The van der Waals surface area contributed by atoms with Gasteiger partial charge in [-0.25, -0.2) is 0 Å². The predicted molar refractivity (Wildman–Crippen MR) is 93.3 cm³/mol. The average Bonchev–Trinajstić information content (AvgIpc) is 2.61. The van der Waals surface area contributed by atoms with Gasteiger partial charge in [0.15, 0.2) is 11.5 Å². The Bertz CT molecular complexity index is 690. The summed E-state index contributed by atoms with van der Waals surface area (Å²) in [5.74, 6) is 1.20. The zero-order valence-corrected chi connectivity index (χ0v) is 14.9. The summed E-state index contributed by atoms with van der Waals surface area (Å²) in [5.41, 5.74) is 1.45. The molecule has 0 spiro atoms. The average molecular weight is 350 g/mol. The van der Waals surface area contributed by atoms with Crippen LogP contribution in [0.25, 0.3) is 0 Å². The SMILES string of the molecule is COc1cc(C(=O)N(C)Cc2ccc(Cl)cc2)cc(OC)c1OC. The third kappa shape index (κ3) is 3.92. The lowest BCUT2D eigenvalue weighted by Crippen LogP contribution is -2.26. The van der Waals surface area contributed by atoms with E-state index in [0.717, 1.165) is 5.56 Å². The van der Waals surface area contributed by atoms with Crippen LogP contribution in [0, 0.1) is 0 Å². The summed E-state index contributed by atoms with van der Waals surface area (Å²) in [6.45, 7) is 0.465. The Hall–Kier alpha value is -2.40. The molecule has 0 aliphatic carbocycles. The van der Waals surface area contributed by atoms with Crippen molar-refractivity contribution in [2.45, 2.75) is 6.54 Å². The quantitative estimate of drug-likeness (QED) is 0.799. The predicted octanol–water partition coefficient (Wildman–Crippen LogP) is 3.64. The molecule has 0 radical (unpaired) electrons. The van der Waals surface area contributed by atoms with Gasteiger partial charge in [0.1, 0.15) is 0 Å². The van der Waals surface area contributed by atoms with E-state index in [2.05, 4.69) is 0 Å². The van der Waals surface area contributed by atoms with Crippen molar-refractivity contribution >= 4 is 17.5 Å². The van der Waals surface area contributed by atoms with E-state index in [0.29, 0.717) is 34.4 Å². The normalized spacial score (nSPS) is 10.2. The van der Waals surface area contributed by atoms with Gasteiger partial charge in [0, 0.05) is 24.2 Å². The number of benzene rings is 2. The topological polar surface area (TPSA) is 48.0 Å². The lowest BCUT2D eigenvalue weighted by atomic mass is 10.1. The van der Waals surface area contributed by atoms with Crippen LogP contribution in [0.2, 0.25) is 5.02 Å². The molecular formula is C18H20ClNO4. The molecule has 1 amide bonds. The fraction of sp³-hybridized carbons (Fsp3) is 0.278. The maximum Gasteiger partial charge on any atom is 0.254 e. The van der Waals surface area contributed by atoms with E-state index in [1.165, 1.54) is 21.3 Å². The fourth-order valence-corrected chi connectivity index (χ4v) is 2.49. The van der Waals surface area contributed by atoms with E-state index >= 15 is 0 Å². The smallest absolute Gasteiger partial charge is 0.254 e. The second kappa shape index (κ2) is 7.93. The Labute approximate surface area is 146 Å². The zero-order chi connectivity index (χ0) is 17.7. The lowest BCUT2D eigenvalue weighted by Gasteiger charge is -2.19. The van der Waals surface area contributed by atoms with Crippen molar-refractivity contribution in [1.29, 1.82) is 0 Å². The summed E-state index contributed by atoms with van der Waals surface area (Å²) in [6.07, 6.45) is 0. The van der Waals surface area contributed by atoms with Gasteiger partial charge in [-0.15, -0.1) is 0 Å². The highest BCUT2D eigenvalue weighted by Crippen LogP contribution is 2.38. The van der Waals surface area contributed by atoms with Crippen LogP contribution in [-0.4, -0.2) is 39.2 Å². The van der Waals surface area contributed by atoms with E-state index in [9.17, 15) is 4.79 Å². The van der Waals surface area contributed by atoms with Crippen molar-refractivity contribution in [1.82, 2.24) is 4.90 Å². The first-order chi connectivity index (χ1) is 11.5. The maximum absolute atomic E-state index is 12.7. The van der Waals surface area contributed by atoms with Gasteiger partial charge < -0.3 is 19.1 Å². The summed E-state index contributed by atoms with van der Waals surface area (Å²) in [5, 5.41) is 0.664. The number of ether oxygens (including phenoxy) is 3. The molecule has 0 unspecified atom stereocenters. The van der Waals surface area contributed by atoms with Gasteiger partial charge in [-0.05, 0) is 29.8 Å². The van der Waals surface area contributed by atoms with E-state index < -0.39 is 0 Å². The van der Waals surface area contributed by atoms with Crippen molar-refractivity contribution in [3.63, 3.8) is 0 Å². The van der Waals surface area contributed by atoms with Crippen molar-refractivity contribution in [3.8, 4) is 17.2 Å². The molecule has 2 rings (SSSR count). The van der Waals surface area contributed by atoms with Crippen molar-refractivity contribution < 1.29 is 19.0 Å². The van der Waals surface area contributed by atoms with Gasteiger partial charge in [-0.2, -0.15) is 0 Å². The summed E-state index contributed by atoms with van der Waals surface area (Å²) < 4.78 is 15.9. The highest BCUT2D eigenvalue weighted by Gasteiger charge is 2.19. The Balaban J connectivity index is 2.26. The molecule has 0 saturated carbocycles. The molecule has 0 aliphatic rings. The highest BCUT2D eigenvalue weighted by atomic mass is 35.5. The van der Waals surface area contributed by atoms with Gasteiger partial charge in [0.2, 0.25) is 5.75 Å². The van der Waals surface area contributed by atoms with Crippen molar-refractivity contribution in [2.24, 2.45) is 0 Å². The van der Waals surface area contributed by atoms with Gasteiger partial charge in [-0.1, -0.05) is 23.7 Å². The molecule has 24 heavy (non-hydrogen) atoms. The second-order valence-electron chi connectivity index (χ2n) is 5.20. The Morgan fingerprint density at radius 1 is 1.00 bits per heavy atom. The van der Waals surface area contributed by atoms with Crippen LogP contribution in [-0.2, 0) is 6.54 Å². The molecule has 0 heterocycles. The molecule has 0 N–H and O–H groups in total. The number of carbonyl (C=O) groups is 1. The highest BCUT2D eigenvalue weighted by molar-refractivity contribution is 6.30. The number of nitrogens with zero attached hydrogens (tertiary/aromatic N) is 1. The maximum atomic E-state index is 12.7. The monoisotopic (exact) mass is 349 g/mol. The largest absolute Gasteiger partial charge is 0.493 e. The Kier molecular flexibility index (Phi) is 5.93. The molecule has 5 nitrogen and oxygen atoms in total. The van der Waals surface area contributed by atoms with Crippen molar-refractivity contribution in [2.75, 3.05) is 28.4 Å². The van der Waals surface area contributed by atoms with Crippen molar-refractivity contribution in [3.05, 3.63) is 52.5 Å². The first-order valence-corrected chi connectivity index (χ1v) is 7.67. The lowest BCUT2D eigenvalue weighted by molar-refractivity contribution is 0.0784. The summed E-state index contributed by atoms with van der Waals surface area (Å²) >= 11 is 5.88. The van der Waals surface area contributed by atoms with E-state index in [1.54, 1.807) is 36.2 Å². The number of amides is 1. The Morgan fingerprint density at radius 2 is 1.54 bits per heavy atom.